The molecule has 2 aliphatic rings. The van der Waals surface area contributed by atoms with Crippen molar-refractivity contribution >= 4 is 35.2 Å². The van der Waals surface area contributed by atoms with Gasteiger partial charge in [-0.3, -0.25) is 24.5 Å². The summed E-state index contributed by atoms with van der Waals surface area (Å²) in [5, 5.41) is 2.06. The summed E-state index contributed by atoms with van der Waals surface area (Å²) >= 11 is 5.69. The van der Waals surface area contributed by atoms with Gasteiger partial charge in [0.25, 0.3) is 11.8 Å². The highest BCUT2D eigenvalue weighted by molar-refractivity contribution is 6.30. The summed E-state index contributed by atoms with van der Waals surface area (Å²) in [5.74, 6) is -8.46. The van der Waals surface area contributed by atoms with Gasteiger partial charge in [0.15, 0.2) is 1.41 Å². The van der Waals surface area contributed by atoms with Gasteiger partial charge in [-0.1, -0.05) is 35.8 Å². The van der Waals surface area contributed by atoms with E-state index in [9.17, 15) is 28.0 Å². The molecule has 7 nitrogen and oxygen atoms in total. The van der Waals surface area contributed by atoms with Gasteiger partial charge in [-0.15, -0.1) is 0 Å². The SMILES string of the molecule is [2H]c1c([2H])c2c(c([2H])c1CN([2H])C(=O)C(F)(F)c1ccc(Cl)cc1)C([2H])N(C1CCC(=O)NC1=O)C2=O. The lowest BCUT2D eigenvalue weighted by atomic mass is 10.0. The van der Waals surface area contributed by atoms with Gasteiger partial charge in [0, 0.05) is 35.6 Å². The lowest BCUT2D eigenvalue weighted by molar-refractivity contribution is -0.147. The average Bonchev–Trinajstić information content (AvgIpc) is 3.10. The van der Waals surface area contributed by atoms with Crippen LogP contribution in [0.25, 0.3) is 0 Å². The van der Waals surface area contributed by atoms with Crippen LogP contribution >= 0.6 is 11.6 Å². The number of carbonyl (C=O) groups excluding carboxylic acids is 4. The van der Waals surface area contributed by atoms with Gasteiger partial charge in [-0.05, 0) is 35.7 Å². The highest BCUT2D eigenvalue weighted by Gasteiger charge is 2.41. The Morgan fingerprint density at radius 3 is 2.72 bits per heavy atom. The fourth-order valence-corrected chi connectivity index (χ4v) is 3.47. The van der Waals surface area contributed by atoms with E-state index in [0.29, 0.717) is 0 Å². The van der Waals surface area contributed by atoms with Crippen LogP contribution in [0, 0.1) is 0 Å². The molecule has 4 amide bonds. The van der Waals surface area contributed by atoms with Crippen LogP contribution in [0.3, 0.4) is 0 Å². The molecule has 2 aliphatic heterocycles. The third-order valence-electron chi connectivity index (χ3n) is 5.01. The van der Waals surface area contributed by atoms with E-state index in [0.717, 1.165) is 29.2 Å². The second-order valence-electron chi connectivity index (χ2n) is 7.15. The number of imide groups is 1. The number of benzene rings is 2. The predicted molar refractivity (Wildman–Crippen MR) is 110 cm³/mol. The van der Waals surface area contributed by atoms with Crippen LogP contribution in [-0.4, -0.2) is 34.6 Å². The third kappa shape index (κ3) is 4.08. The summed E-state index contributed by atoms with van der Waals surface area (Å²) in [7, 11) is 0. The van der Waals surface area contributed by atoms with Gasteiger partial charge >= 0.3 is 5.92 Å². The Morgan fingerprint density at radius 1 is 1.31 bits per heavy atom. The van der Waals surface area contributed by atoms with E-state index in [-0.39, 0.29) is 28.7 Å². The first-order valence-corrected chi connectivity index (χ1v) is 9.81. The van der Waals surface area contributed by atoms with E-state index in [4.69, 9.17) is 18.5 Å². The van der Waals surface area contributed by atoms with Crippen molar-refractivity contribution < 1.29 is 34.9 Å². The molecule has 2 atom stereocenters. The van der Waals surface area contributed by atoms with Crippen molar-refractivity contribution in [1.82, 2.24) is 15.5 Å². The van der Waals surface area contributed by atoms with Gasteiger partial charge in [-0.25, -0.2) is 0 Å². The number of fused-ring (bicyclic) bond motifs is 1. The van der Waals surface area contributed by atoms with Crippen molar-refractivity contribution in [2.45, 2.75) is 37.9 Å². The Morgan fingerprint density at radius 2 is 2.03 bits per heavy atom. The van der Waals surface area contributed by atoms with Crippen molar-refractivity contribution in [3.63, 3.8) is 0 Å². The minimum atomic E-state index is -4.15. The Balaban J connectivity index is 1.67. The normalized spacial score (nSPS) is 22.9. The summed E-state index contributed by atoms with van der Waals surface area (Å²) < 4.78 is 70.8. The first kappa shape index (κ1) is 16.3. The first-order chi connectivity index (χ1) is 17.3. The van der Waals surface area contributed by atoms with Crippen molar-refractivity contribution in [1.29, 1.82) is 0 Å². The predicted octanol–water partition coefficient (Wildman–Crippen LogP) is 2.51. The molecule has 0 saturated carbocycles. The molecule has 1 saturated heterocycles. The fourth-order valence-electron chi connectivity index (χ4n) is 3.34. The molecular formula is C22H18ClF2N3O4. The van der Waals surface area contributed by atoms with Crippen molar-refractivity contribution in [2.75, 3.05) is 0 Å². The van der Waals surface area contributed by atoms with Crippen LogP contribution in [0.4, 0.5) is 8.78 Å². The zero-order valence-electron chi connectivity index (χ0n) is 21.2. The van der Waals surface area contributed by atoms with Crippen molar-refractivity contribution in [3.8, 4) is 0 Å². The maximum Gasteiger partial charge on any atom is 0.349 e. The van der Waals surface area contributed by atoms with Crippen LogP contribution in [0.5, 0.6) is 0 Å². The van der Waals surface area contributed by atoms with E-state index in [1.165, 1.54) is 0 Å². The maximum atomic E-state index is 14.7. The van der Waals surface area contributed by atoms with Gasteiger partial charge < -0.3 is 10.2 Å². The minimum Gasteiger partial charge on any atom is -0.346 e. The number of alkyl halides is 2. The fraction of sp³-hybridized carbons (Fsp3) is 0.273. The summed E-state index contributed by atoms with van der Waals surface area (Å²) in [4.78, 5) is 50.1. The lowest BCUT2D eigenvalue weighted by Gasteiger charge is -2.29. The molecule has 2 unspecified atom stereocenters. The van der Waals surface area contributed by atoms with E-state index in [1.807, 2.05) is 0 Å². The molecule has 0 radical (unpaired) electrons. The van der Waals surface area contributed by atoms with E-state index >= 15 is 0 Å². The smallest absolute Gasteiger partial charge is 0.346 e. The quantitative estimate of drug-likeness (QED) is 0.662. The van der Waals surface area contributed by atoms with Crippen molar-refractivity contribution in [2.24, 2.45) is 0 Å². The summed E-state index contributed by atoms with van der Waals surface area (Å²) in [6, 6.07) is 0.736. The third-order valence-corrected chi connectivity index (χ3v) is 5.26. The van der Waals surface area contributed by atoms with Crippen LogP contribution in [-0.2, 0) is 33.4 Å². The highest BCUT2D eigenvalue weighted by atomic mass is 35.5. The molecular weight excluding hydrogens is 444 g/mol. The van der Waals surface area contributed by atoms with Gasteiger partial charge in [0.2, 0.25) is 11.8 Å². The Bertz CT molecular complexity index is 1340. The second kappa shape index (κ2) is 8.31. The monoisotopic (exact) mass is 466 g/mol. The molecule has 4 rings (SSSR count). The Hall–Kier alpha value is -3.33. The van der Waals surface area contributed by atoms with E-state index < -0.39 is 83.5 Å². The van der Waals surface area contributed by atoms with E-state index in [1.54, 1.807) is 0 Å². The van der Waals surface area contributed by atoms with Crippen LogP contribution in [0.2, 0.25) is 6.43 Å². The first-order valence-electron chi connectivity index (χ1n) is 12.0. The molecule has 2 heterocycles. The topological polar surface area (TPSA) is 95.6 Å². The molecule has 0 aromatic heterocycles. The number of carbonyl (C=O) groups is 4. The number of hydrogen-bond donors (Lipinski definition) is 2. The molecule has 2 N–H and O–H groups in total. The van der Waals surface area contributed by atoms with E-state index in [2.05, 4.69) is 5.32 Å². The zero-order chi connectivity index (χ0) is 27.4. The highest BCUT2D eigenvalue weighted by Crippen LogP contribution is 2.30. The lowest BCUT2D eigenvalue weighted by Crippen LogP contribution is -2.52. The molecule has 1 fully saturated rings. The van der Waals surface area contributed by atoms with Gasteiger partial charge in [-0.2, -0.15) is 8.78 Å². The van der Waals surface area contributed by atoms with Crippen LogP contribution in [0.15, 0.2) is 42.4 Å². The molecule has 2 aromatic rings. The number of piperidine rings is 1. The average molecular weight is 467 g/mol. The Labute approximate surface area is 193 Å². The van der Waals surface area contributed by atoms with Crippen molar-refractivity contribution in [3.05, 3.63) is 69.7 Å². The summed E-state index contributed by atoms with van der Waals surface area (Å²) in [6.45, 7) is -2.68. The molecule has 0 aliphatic carbocycles. The largest absolute Gasteiger partial charge is 0.349 e. The minimum absolute atomic E-state index is 0.0875. The Kier molecular flexibility index (Phi) is 4.24. The summed E-state index contributed by atoms with van der Waals surface area (Å²) in [6.07, 6.45) is -0.187. The molecule has 2 aromatic carbocycles. The summed E-state index contributed by atoms with van der Waals surface area (Å²) in [5.41, 5.74) is -2.05. The van der Waals surface area contributed by atoms with Gasteiger partial charge in [0.1, 0.15) is 6.04 Å². The molecule has 0 spiro atoms. The van der Waals surface area contributed by atoms with Crippen LogP contribution in [0.1, 0.15) is 45.4 Å². The number of rotatable bonds is 5. The number of nitrogens with zero attached hydrogens (tertiary/aromatic N) is 1. The molecule has 32 heavy (non-hydrogen) atoms. The zero-order valence-corrected chi connectivity index (χ0v) is 17.0. The second-order valence-corrected chi connectivity index (χ2v) is 7.59. The molecule has 166 valence electrons. The number of nitrogens with one attached hydrogen (secondary N) is 2. The number of amides is 4. The molecule has 0 bridgehead atoms. The number of hydrogen-bond acceptors (Lipinski definition) is 4. The standard InChI is InChI=1S/C22H18ClF2N3O4/c23-15-4-2-14(3-5-15)22(24,25)21(32)26-10-12-1-6-16-13(9-12)11-28(20(16)31)17-7-8-18(29)27-19(17)30/h1-6,9,17H,7-8,10-11H2,(H,26,32)(H,27,29,30)/i1D,6D,9D,11D/hD. The number of halogens is 3. The molecule has 10 heteroatoms. The maximum absolute atomic E-state index is 14.7. The van der Waals surface area contributed by atoms with Crippen LogP contribution < -0.4 is 10.6 Å². The van der Waals surface area contributed by atoms with Gasteiger partial charge in [0.05, 0.1) is 5.48 Å².